The molecule has 1 aromatic heterocycles. The number of alkyl halides is 9. The highest BCUT2D eigenvalue weighted by Gasteiger charge is 2.44. The number of hydrogen-bond donors (Lipinski definition) is 0. The first kappa shape index (κ1) is 32.9. The smallest absolute Gasteiger partial charge is 0.434 e. The minimum atomic E-state index is -5.40. The Morgan fingerprint density at radius 3 is 1.97 bits per heavy atom. The van der Waals surface area contributed by atoms with E-state index in [-0.39, 0.29) is 23.6 Å². The summed E-state index contributed by atoms with van der Waals surface area (Å²) in [6.45, 7) is 2.61. The van der Waals surface area contributed by atoms with E-state index in [0.717, 1.165) is 0 Å². The molecule has 1 unspecified atom stereocenters. The van der Waals surface area contributed by atoms with Crippen molar-refractivity contribution in [1.82, 2.24) is 9.55 Å². The van der Waals surface area contributed by atoms with Gasteiger partial charge in [0.1, 0.15) is 4.47 Å². The minimum absolute atomic E-state index is 0.145. The minimum Gasteiger partial charge on any atom is -0.463 e. The Labute approximate surface area is 231 Å². The predicted octanol–water partition coefficient (Wildman–Crippen LogP) is 6.91. The number of nitrogens with zero attached hydrogens (tertiary/aromatic N) is 3. The zero-order valence-corrected chi connectivity index (χ0v) is 23.2. The van der Waals surface area contributed by atoms with Gasteiger partial charge in [-0.25, -0.2) is 9.78 Å². The summed E-state index contributed by atoms with van der Waals surface area (Å²) in [7, 11) is 0. The van der Waals surface area contributed by atoms with Crippen LogP contribution in [-0.4, -0.2) is 35.0 Å². The third-order valence-electron chi connectivity index (χ3n) is 4.89. The summed E-state index contributed by atoms with van der Waals surface area (Å²) in [6.07, 6.45) is -18.4. The van der Waals surface area contributed by atoms with Crippen LogP contribution in [0.25, 0.3) is 0 Å². The molecule has 0 bridgehead atoms. The number of aromatic nitrogens is 2. The van der Waals surface area contributed by atoms with Crippen molar-refractivity contribution >= 4 is 49.5 Å². The van der Waals surface area contributed by atoms with Crippen LogP contribution in [0.4, 0.5) is 51.1 Å². The first-order valence-electron chi connectivity index (χ1n) is 10.7. The molecule has 39 heavy (non-hydrogen) atoms. The van der Waals surface area contributed by atoms with E-state index >= 15 is 0 Å². The van der Waals surface area contributed by atoms with Gasteiger partial charge in [0.25, 0.3) is 5.56 Å². The van der Waals surface area contributed by atoms with Gasteiger partial charge in [0, 0.05) is 13.2 Å². The van der Waals surface area contributed by atoms with Crippen molar-refractivity contribution < 1.29 is 53.8 Å². The van der Waals surface area contributed by atoms with Crippen LogP contribution in [0, 0.1) is 0 Å². The molecule has 1 heterocycles. The van der Waals surface area contributed by atoms with E-state index in [4.69, 9.17) is 9.47 Å². The van der Waals surface area contributed by atoms with Crippen LogP contribution in [0.1, 0.15) is 37.6 Å². The SMILES string of the molecule is CCOC(=O)C(OCC)N(c1cc(C(F)(F)F)cc(C(F)(F)F)c1Br)c1nc(C(F)(F)F)c(Br)c(=O)n1CC. The number of anilines is 2. The fourth-order valence-corrected chi connectivity index (χ4v) is 4.46. The number of carbonyl (C=O) groups is 1. The van der Waals surface area contributed by atoms with E-state index in [1.807, 2.05) is 0 Å². The zero-order valence-electron chi connectivity index (χ0n) is 20.0. The number of carbonyl (C=O) groups excluding carboxylic acids is 1. The molecule has 0 saturated carbocycles. The van der Waals surface area contributed by atoms with Crippen LogP contribution in [0.2, 0.25) is 0 Å². The quantitative estimate of drug-likeness (QED) is 0.169. The van der Waals surface area contributed by atoms with Gasteiger partial charge in [0.15, 0.2) is 5.69 Å². The van der Waals surface area contributed by atoms with Crippen molar-refractivity contribution in [2.45, 2.75) is 52.1 Å². The molecule has 0 radical (unpaired) electrons. The van der Waals surface area contributed by atoms with Crippen molar-refractivity contribution in [3.05, 3.63) is 48.3 Å². The van der Waals surface area contributed by atoms with Crippen molar-refractivity contribution in [3.8, 4) is 0 Å². The van der Waals surface area contributed by atoms with E-state index in [2.05, 4.69) is 36.8 Å². The highest BCUT2D eigenvalue weighted by atomic mass is 79.9. The summed E-state index contributed by atoms with van der Waals surface area (Å²) in [5.41, 5.74) is -8.12. The largest absolute Gasteiger partial charge is 0.463 e. The van der Waals surface area contributed by atoms with Crippen LogP contribution >= 0.6 is 31.9 Å². The second kappa shape index (κ2) is 12.0. The maximum absolute atomic E-state index is 13.8. The number of halogens is 11. The standard InChI is InChI=1S/C21H18Br2F9N3O4/c1-4-34-15(36)13(23)14(21(30,31)32)33-18(34)35(16(38-5-2)17(37)39-6-3)11-8-9(19(24,25)26)7-10(12(11)22)20(27,28)29/h7-8,16H,4-6H2,1-3H3. The van der Waals surface area contributed by atoms with Gasteiger partial charge < -0.3 is 9.47 Å². The predicted molar refractivity (Wildman–Crippen MR) is 125 cm³/mol. The van der Waals surface area contributed by atoms with E-state index < -0.39 is 86.8 Å². The third-order valence-corrected chi connectivity index (χ3v) is 6.44. The second-order valence-electron chi connectivity index (χ2n) is 7.40. The summed E-state index contributed by atoms with van der Waals surface area (Å²) in [6, 6.07) is -0.0824. The Balaban J connectivity index is 3.21. The topological polar surface area (TPSA) is 73.7 Å². The molecule has 0 aliphatic carbocycles. The number of ether oxygens (including phenoxy) is 2. The summed E-state index contributed by atoms with van der Waals surface area (Å²) in [5.74, 6) is -2.54. The van der Waals surface area contributed by atoms with Crippen LogP contribution in [-0.2, 0) is 39.3 Å². The molecule has 0 saturated heterocycles. The maximum Gasteiger partial charge on any atom is 0.434 e. The van der Waals surface area contributed by atoms with Crippen LogP contribution < -0.4 is 10.5 Å². The molecule has 0 amide bonds. The van der Waals surface area contributed by atoms with Gasteiger partial charge >= 0.3 is 24.5 Å². The summed E-state index contributed by atoms with van der Waals surface area (Å²) in [4.78, 5) is 29.3. The van der Waals surface area contributed by atoms with E-state index in [9.17, 15) is 49.1 Å². The Kier molecular flexibility index (Phi) is 10.1. The molecule has 7 nitrogen and oxygen atoms in total. The number of hydrogen-bond acceptors (Lipinski definition) is 6. The maximum atomic E-state index is 13.8. The third kappa shape index (κ3) is 7.06. The molecular formula is C21H18Br2F9N3O4. The Bertz CT molecular complexity index is 1280. The first-order chi connectivity index (χ1) is 17.8. The average Bonchev–Trinajstić information content (AvgIpc) is 2.79. The summed E-state index contributed by atoms with van der Waals surface area (Å²) >= 11 is 5.07. The molecule has 2 rings (SSSR count). The molecule has 18 heteroatoms. The fraction of sp³-hybridized carbons (Fsp3) is 0.476. The average molecular weight is 707 g/mol. The molecule has 0 aliphatic rings. The van der Waals surface area contributed by atoms with Gasteiger partial charge in [0.05, 0.1) is 27.9 Å². The Morgan fingerprint density at radius 1 is 0.949 bits per heavy atom. The summed E-state index contributed by atoms with van der Waals surface area (Å²) < 4.78 is 132. The number of rotatable bonds is 8. The van der Waals surface area contributed by atoms with Crippen LogP contribution in [0.5, 0.6) is 0 Å². The van der Waals surface area contributed by atoms with Crippen molar-refractivity contribution in [2.75, 3.05) is 18.1 Å². The number of benzene rings is 1. The van der Waals surface area contributed by atoms with Gasteiger partial charge in [-0.2, -0.15) is 39.5 Å². The van der Waals surface area contributed by atoms with Gasteiger partial charge in [-0.1, -0.05) is 0 Å². The van der Waals surface area contributed by atoms with E-state index in [0.29, 0.717) is 4.57 Å². The zero-order chi connectivity index (χ0) is 30.1. The van der Waals surface area contributed by atoms with E-state index in [1.165, 1.54) is 20.8 Å². The molecule has 1 aromatic carbocycles. The molecule has 1 atom stereocenters. The highest BCUT2D eigenvalue weighted by Crippen LogP contribution is 2.46. The van der Waals surface area contributed by atoms with Gasteiger partial charge in [-0.15, -0.1) is 0 Å². The van der Waals surface area contributed by atoms with Crippen LogP contribution in [0.15, 0.2) is 25.9 Å². The molecule has 0 aliphatic heterocycles. The molecule has 0 N–H and O–H groups in total. The lowest BCUT2D eigenvalue weighted by atomic mass is 10.1. The molecule has 0 spiro atoms. The summed E-state index contributed by atoms with van der Waals surface area (Å²) in [5, 5.41) is 0. The second-order valence-corrected chi connectivity index (χ2v) is 8.99. The molecule has 0 fully saturated rings. The Hall–Kier alpha value is -2.34. The van der Waals surface area contributed by atoms with Crippen molar-refractivity contribution in [1.29, 1.82) is 0 Å². The molecule has 2 aromatic rings. The first-order valence-corrected chi connectivity index (χ1v) is 12.3. The lowest BCUT2D eigenvalue weighted by Gasteiger charge is -2.34. The van der Waals surface area contributed by atoms with Crippen LogP contribution in [0.3, 0.4) is 0 Å². The monoisotopic (exact) mass is 705 g/mol. The van der Waals surface area contributed by atoms with Gasteiger partial charge in [0.2, 0.25) is 12.2 Å². The molecule has 218 valence electrons. The fourth-order valence-electron chi connectivity index (χ4n) is 3.29. The normalized spacial score (nSPS) is 13.4. The van der Waals surface area contributed by atoms with Crippen molar-refractivity contribution in [2.24, 2.45) is 0 Å². The lowest BCUT2D eigenvalue weighted by Crippen LogP contribution is -2.45. The van der Waals surface area contributed by atoms with Crippen molar-refractivity contribution in [3.63, 3.8) is 0 Å². The molecular weight excluding hydrogens is 689 g/mol. The van der Waals surface area contributed by atoms with Gasteiger partial charge in [-0.3, -0.25) is 14.3 Å². The van der Waals surface area contributed by atoms with E-state index in [1.54, 1.807) is 0 Å². The lowest BCUT2D eigenvalue weighted by molar-refractivity contribution is -0.155. The highest BCUT2D eigenvalue weighted by molar-refractivity contribution is 9.11. The van der Waals surface area contributed by atoms with Gasteiger partial charge in [-0.05, 0) is 64.8 Å². The Morgan fingerprint density at radius 2 is 1.54 bits per heavy atom. The number of esters is 1.